The first kappa shape index (κ1) is 17.0. The first-order chi connectivity index (χ1) is 12.0. The Balaban J connectivity index is 1.92. The molecule has 3 rings (SSSR count). The van der Waals surface area contributed by atoms with E-state index in [9.17, 15) is 9.18 Å². The van der Waals surface area contributed by atoms with Crippen molar-refractivity contribution in [3.63, 3.8) is 0 Å². The second-order valence-electron chi connectivity index (χ2n) is 5.38. The molecule has 5 nitrogen and oxygen atoms in total. The van der Waals surface area contributed by atoms with Crippen LogP contribution < -0.4 is 10.1 Å². The van der Waals surface area contributed by atoms with Crippen LogP contribution in [0.3, 0.4) is 0 Å². The van der Waals surface area contributed by atoms with Crippen LogP contribution in [0.15, 0.2) is 48.7 Å². The van der Waals surface area contributed by atoms with Crippen LogP contribution in [0.2, 0.25) is 5.02 Å². The second kappa shape index (κ2) is 6.94. The number of carbonyl (C=O) groups excluding carboxylic acids is 1. The molecular formula is C18H15ClFN3O2. The highest BCUT2D eigenvalue weighted by Crippen LogP contribution is 2.24. The van der Waals surface area contributed by atoms with Gasteiger partial charge in [0.2, 0.25) is 0 Å². The lowest BCUT2D eigenvalue weighted by atomic mass is 10.2. The lowest BCUT2D eigenvalue weighted by molar-refractivity contribution is 0.101. The molecule has 1 amide bonds. The second-order valence-corrected chi connectivity index (χ2v) is 5.82. The normalized spacial score (nSPS) is 10.6. The number of nitrogens with zero attached hydrogens (tertiary/aromatic N) is 2. The molecule has 0 aliphatic heterocycles. The van der Waals surface area contributed by atoms with Crippen molar-refractivity contribution in [3.8, 4) is 11.4 Å². The van der Waals surface area contributed by atoms with Gasteiger partial charge < -0.3 is 10.1 Å². The van der Waals surface area contributed by atoms with E-state index in [0.717, 1.165) is 5.56 Å². The van der Waals surface area contributed by atoms with E-state index in [1.807, 2.05) is 13.0 Å². The van der Waals surface area contributed by atoms with Gasteiger partial charge in [0.1, 0.15) is 5.82 Å². The van der Waals surface area contributed by atoms with Gasteiger partial charge in [-0.3, -0.25) is 4.79 Å². The summed E-state index contributed by atoms with van der Waals surface area (Å²) in [6, 6.07) is 11.0. The third kappa shape index (κ3) is 3.64. The van der Waals surface area contributed by atoms with E-state index in [4.69, 9.17) is 16.3 Å². The largest absolute Gasteiger partial charge is 0.493 e. The summed E-state index contributed by atoms with van der Waals surface area (Å²) in [4.78, 5) is 12.6. The van der Waals surface area contributed by atoms with Gasteiger partial charge >= 0.3 is 0 Å². The summed E-state index contributed by atoms with van der Waals surface area (Å²) in [6.45, 7) is 1.86. The van der Waals surface area contributed by atoms with E-state index >= 15 is 0 Å². The highest BCUT2D eigenvalue weighted by molar-refractivity contribution is 6.31. The van der Waals surface area contributed by atoms with Crippen LogP contribution in [-0.4, -0.2) is 22.8 Å². The minimum atomic E-state index is -0.428. The fourth-order valence-corrected chi connectivity index (χ4v) is 2.47. The number of aromatic nitrogens is 2. The Kier molecular flexibility index (Phi) is 4.72. The van der Waals surface area contributed by atoms with E-state index < -0.39 is 5.91 Å². The fourth-order valence-electron chi connectivity index (χ4n) is 2.30. The van der Waals surface area contributed by atoms with Gasteiger partial charge in [-0.25, -0.2) is 9.07 Å². The average molecular weight is 360 g/mol. The van der Waals surface area contributed by atoms with Gasteiger partial charge in [-0.05, 0) is 48.9 Å². The molecule has 0 saturated heterocycles. The SMILES string of the molecule is COc1cn(-c2ccc(F)cc2)nc1C(=O)Nc1cc(Cl)ccc1C. The molecule has 0 bridgehead atoms. The van der Waals surface area contributed by atoms with E-state index in [1.54, 1.807) is 30.5 Å². The number of aryl methyl sites for hydroxylation is 1. The number of hydrogen-bond acceptors (Lipinski definition) is 3. The Labute approximate surface area is 149 Å². The van der Waals surface area contributed by atoms with E-state index in [1.165, 1.54) is 23.9 Å². The van der Waals surface area contributed by atoms with Gasteiger partial charge in [-0.2, -0.15) is 5.10 Å². The maximum absolute atomic E-state index is 13.1. The van der Waals surface area contributed by atoms with Gasteiger partial charge in [-0.1, -0.05) is 17.7 Å². The molecule has 0 spiro atoms. The summed E-state index contributed by atoms with van der Waals surface area (Å²) in [6.07, 6.45) is 1.56. The smallest absolute Gasteiger partial charge is 0.280 e. The molecule has 1 heterocycles. The average Bonchev–Trinajstić information content (AvgIpc) is 3.03. The highest BCUT2D eigenvalue weighted by Gasteiger charge is 2.19. The van der Waals surface area contributed by atoms with Crippen molar-refractivity contribution in [2.75, 3.05) is 12.4 Å². The Hall–Kier alpha value is -2.86. The lowest BCUT2D eigenvalue weighted by Crippen LogP contribution is -2.15. The Morgan fingerprint density at radius 1 is 1.24 bits per heavy atom. The van der Waals surface area contributed by atoms with Crippen LogP contribution in [0.5, 0.6) is 5.75 Å². The number of rotatable bonds is 4. The van der Waals surface area contributed by atoms with E-state index in [-0.39, 0.29) is 11.5 Å². The molecular weight excluding hydrogens is 345 g/mol. The molecule has 7 heteroatoms. The first-order valence-corrected chi connectivity index (χ1v) is 7.83. The van der Waals surface area contributed by atoms with Gasteiger partial charge in [0.05, 0.1) is 19.0 Å². The predicted molar refractivity (Wildman–Crippen MR) is 94.2 cm³/mol. The van der Waals surface area contributed by atoms with Crippen LogP contribution >= 0.6 is 11.6 Å². The number of benzene rings is 2. The lowest BCUT2D eigenvalue weighted by Gasteiger charge is -2.08. The van der Waals surface area contributed by atoms with Crippen molar-refractivity contribution in [1.82, 2.24) is 9.78 Å². The summed E-state index contributed by atoms with van der Waals surface area (Å²) < 4.78 is 19.8. The van der Waals surface area contributed by atoms with Gasteiger partial charge in [0.25, 0.3) is 5.91 Å². The maximum Gasteiger partial charge on any atom is 0.280 e. The molecule has 0 aliphatic carbocycles. The minimum absolute atomic E-state index is 0.117. The predicted octanol–water partition coefficient (Wildman–Crippen LogP) is 4.23. The molecule has 3 aromatic rings. The summed E-state index contributed by atoms with van der Waals surface area (Å²) >= 11 is 5.98. The third-order valence-electron chi connectivity index (χ3n) is 3.65. The Bertz CT molecular complexity index is 923. The molecule has 1 N–H and O–H groups in total. The van der Waals surface area contributed by atoms with E-state index in [0.29, 0.717) is 22.1 Å². The number of anilines is 1. The summed E-state index contributed by atoms with van der Waals surface area (Å²) in [7, 11) is 1.45. The number of methoxy groups -OCH3 is 1. The molecule has 0 saturated carbocycles. The Morgan fingerprint density at radius 2 is 1.96 bits per heavy atom. The molecule has 2 aromatic carbocycles. The third-order valence-corrected chi connectivity index (χ3v) is 3.89. The zero-order chi connectivity index (χ0) is 18.0. The van der Waals surface area contributed by atoms with Crippen molar-refractivity contribution in [3.05, 3.63) is 70.8 Å². The first-order valence-electron chi connectivity index (χ1n) is 7.45. The van der Waals surface area contributed by atoms with Crippen LogP contribution in [0.25, 0.3) is 5.69 Å². The van der Waals surface area contributed by atoms with Crippen molar-refractivity contribution in [2.45, 2.75) is 6.92 Å². The van der Waals surface area contributed by atoms with Gasteiger partial charge in [0.15, 0.2) is 11.4 Å². The standard InChI is InChI=1S/C18H15ClFN3O2/c1-11-3-4-12(19)9-15(11)21-18(24)17-16(25-2)10-23(22-17)14-7-5-13(20)6-8-14/h3-10H,1-2H3,(H,21,24). The van der Waals surface area contributed by atoms with Crippen LogP contribution in [-0.2, 0) is 0 Å². The van der Waals surface area contributed by atoms with E-state index in [2.05, 4.69) is 10.4 Å². The molecule has 1 aromatic heterocycles. The summed E-state index contributed by atoms with van der Waals surface area (Å²) in [5, 5.41) is 7.55. The quantitative estimate of drug-likeness (QED) is 0.758. The van der Waals surface area contributed by atoms with Crippen molar-refractivity contribution in [1.29, 1.82) is 0 Å². The van der Waals surface area contributed by atoms with Crippen LogP contribution in [0.4, 0.5) is 10.1 Å². The number of carbonyl (C=O) groups is 1. The minimum Gasteiger partial charge on any atom is -0.493 e. The van der Waals surface area contributed by atoms with Crippen molar-refractivity contribution in [2.24, 2.45) is 0 Å². The Morgan fingerprint density at radius 3 is 2.64 bits per heavy atom. The van der Waals surface area contributed by atoms with Crippen LogP contribution in [0, 0.1) is 12.7 Å². The number of halogens is 2. The monoisotopic (exact) mass is 359 g/mol. The maximum atomic E-state index is 13.1. The molecule has 25 heavy (non-hydrogen) atoms. The van der Waals surface area contributed by atoms with Crippen LogP contribution in [0.1, 0.15) is 16.1 Å². The number of nitrogens with one attached hydrogen (secondary N) is 1. The topological polar surface area (TPSA) is 56.2 Å². The number of ether oxygens (including phenoxy) is 1. The number of hydrogen-bond donors (Lipinski definition) is 1. The fraction of sp³-hybridized carbons (Fsp3) is 0.111. The molecule has 0 radical (unpaired) electrons. The molecule has 0 fully saturated rings. The molecule has 0 aliphatic rings. The zero-order valence-corrected chi connectivity index (χ0v) is 14.3. The highest BCUT2D eigenvalue weighted by atomic mass is 35.5. The van der Waals surface area contributed by atoms with Gasteiger partial charge in [-0.15, -0.1) is 0 Å². The zero-order valence-electron chi connectivity index (χ0n) is 13.6. The number of amides is 1. The summed E-state index contributed by atoms with van der Waals surface area (Å²) in [5.74, 6) is -0.471. The molecule has 128 valence electrons. The summed E-state index contributed by atoms with van der Waals surface area (Å²) in [5.41, 5.74) is 2.19. The molecule has 0 unspecified atom stereocenters. The van der Waals surface area contributed by atoms with Gasteiger partial charge in [0, 0.05) is 10.7 Å². The van der Waals surface area contributed by atoms with Crippen molar-refractivity contribution < 1.29 is 13.9 Å². The molecule has 0 atom stereocenters. The van der Waals surface area contributed by atoms with Crippen molar-refractivity contribution >= 4 is 23.2 Å².